The molecule has 158 valence electrons. The normalized spacial score (nSPS) is 20.5. The molecule has 0 bridgehead atoms. The van der Waals surface area contributed by atoms with Crippen molar-refractivity contribution in [3.05, 3.63) is 63.1 Å². The van der Waals surface area contributed by atoms with Gasteiger partial charge in [0.15, 0.2) is 11.4 Å². The minimum Gasteiger partial charge on any atom is -0.503 e. The highest BCUT2D eigenvalue weighted by Crippen LogP contribution is 2.25. The number of fused-ring (bicyclic) bond motifs is 2. The first-order valence-corrected chi connectivity index (χ1v) is 9.49. The molecule has 1 saturated heterocycles. The number of amides is 2. The van der Waals surface area contributed by atoms with Crippen LogP contribution in [0.15, 0.2) is 29.2 Å². The predicted octanol–water partition coefficient (Wildman–Crippen LogP) is 0.783. The number of halogens is 2. The molecule has 0 saturated carbocycles. The largest absolute Gasteiger partial charge is 0.503 e. The highest BCUT2D eigenvalue weighted by Gasteiger charge is 2.38. The molecule has 0 radical (unpaired) electrons. The van der Waals surface area contributed by atoms with Crippen molar-refractivity contribution >= 4 is 11.8 Å². The monoisotopic (exact) mass is 418 g/mol. The van der Waals surface area contributed by atoms with Crippen molar-refractivity contribution in [2.75, 3.05) is 13.1 Å². The molecule has 8 nitrogen and oxygen atoms in total. The quantitative estimate of drug-likeness (QED) is 0.684. The molecule has 1 unspecified atom stereocenters. The Bertz CT molecular complexity index is 1100. The maximum atomic E-state index is 13.8. The highest BCUT2D eigenvalue weighted by molar-refractivity contribution is 5.99. The Hall–Kier alpha value is -3.27. The SMILES string of the molecule is C[C@H]1CNC2Cn3cc(C(=O)NCc4ccc(F)cc4F)c(=O)c(O)c3C(=O)N2C1. The van der Waals surface area contributed by atoms with Gasteiger partial charge in [0.05, 0.1) is 6.54 Å². The minimum atomic E-state index is -0.983. The van der Waals surface area contributed by atoms with Gasteiger partial charge in [0, 0.05) is 37.5 Å². The fourth-order valence-electron chi connectivity index (χ4n) is 3.80. The third kappa shape index (κ3) is 3.43. The molecule has 0 aliphatic carbocycles. The maximum Gasteiger partial charge on any atom is 0.275 e. The van der Waals surface area contributed by atoms with Gasteiger partial charge in [0.2, 0.25) is 5.43 Å². The Kier molecular flexibility index (Phi) is 5.02. The summed E-state index contributed by atoms with van der Waals surface area (Å²) in [5.74, 6) is -3.47. The first kappa shape index (κ1) is 20.0. The van der Waals surface area contributed by atoms with Crippen molar-refractivity contribution in [1.29, 1.82) is 0 Å². The summed E-state index contributed by atoms with van der Waals surface area (Å²) in [6.45, 7) is 3.17. The number of hydrogen-bond donors (Lipinski definition) is 3. The van der Waals surface area contributed by atoms with Crippen LogP contribution in [0.5, 0.6) is 5.75 Å². The van der Waals surface area contributed by atoms with Crippen LogP contribution < -0.4 is 16.1 Å². The lowest BCUT2D eigenvalue weighted by Gasteiger charge is -2.43. The van der Waals surface area contributed by atoms with Crippen LogP contribution in [0.2, 0.25) is 0 Å². The van der Waals surface area contributed by atoms with E-state index in [2.05, 4.69) is 10.6 Å². The molecule has 2 atom stereocenters. The van der Waals surface area contributed by atoms with Gasteiger partial charge in [-0.15, -0.1) is 0 Å². The van der Waals surface area contributed by atoms with Crippen molar-refractivity contribution in [2.45, 2.75) is 26.2 Å². The van der Waals surface area contributed by atoms with Crippen LogP contribution in [0.3, 0.4) is 0 Å². The molecule has 30 heavy (non-hydrogen) atoms. The summed E-state index contributed by atoms with van der Waals surface area (Å²) in [6, 6.07) is 2.93. The summed E-state index contributed by atoms with van der Waals surface area (Å²) in [6.07, 6.45) is 0.912. The van der Waals surface area contributed by atoms with Crippen LogP contribution in [-0.4, -0.2) is 45.6 Å². The average Bonchev–Trinajstić information content (AvgIpc) is 2.70. The number of carbonyl (C=O) groups excluding carboxylic acids is 2. The number of nitrogens with zero attached hydrogens (tertiary/aromatic N) is 2. The zero-order chi connectivity index (χ0) is 21.6. The van der Waals surface area contributed by atoms with E-state index >= 15 is 0 Å². The number of benzene rings is 1. The van der Waals surface area contributed by atoms with Gasteiger partial charge in [-0.3, -0.25) is 19.7 Å². The lowest BCUT2D eigenvalue weighted by Crippen LogP contribution is -2.61. The van der Waals surface area contributed by atoms with E-state index in [9.17, 15) is 28.3 Å². The minimum absolute atomic E-state index is 0.0402. The van der Waals surface area contributed by atoms with E-state index in [0.29, 0.717) is 19.2 Å². The first-order valence-electron chi connectivity index (χ1n) is 9.49. The highest BCUT2D eigenvalue weighted by atomic mass is 19.1. The van der Waals surface area contributed by atoms with E-state index in [1.165, 1.54) is 16.8 Å². The van der Waals surface area contributed by atoms with Crippen molar-refractivity contribution in [3.8, 4) is 5.75 Å². The van der Waals surface area contributed by atoms with Gasteiger partial charge in [0.25, 0.3) is 11.8 Å². The molecule has 4 rings (SSSR count). The topological polar surface area (TPSA) is 104 Å². The van der Waals surface area contributed by atoms with Crippen LogP contribution in [-0.2, 0) is 13.1 Å². The van der Waals surface area contributed by atoms with E-state index in [1.807, 2.05) is 6.92 Å². The number of hydrogen-bond acceptors (Lipinski definition) is 5. The Balaban J connectivity index is 1.61. The molecule has 2 amide bonds. The number of aromatic nitrogens is 1. The number of rotatable bonds is 3. The van der Waals surface area contributed by atoms with Gasteiger partial charge >= 0.3 is 0 Å². The third-order valence-electron chi connectivity index (χ3n) is 5.37. The van der Waals surface area contributed by atoms with Gasteiger partial charge in [-0.25, -0.2) is 8.78 Å². The summed E-state index contributed by atoms with van der Waals surface area (Å²) in [4.78, 5) is 39.4. The van der Waals surface area contributed by atoms with E-state index in [1.54, 1.807) is 4.90 Å². The van der Waals surface area contributed by atoms with Gasteiger partial charge in [-0.1, -0.05) is 13.0 Å². The fourth-order valence-corrected chi connectivity index (χ4v) is 3.80. The standard InChI is InChI=1S/C20H20F2N4O4/c1-10-5-23-15-9-25-8-13(17(27)18(28)16(25)20(30)26(15)7-10)19(29)24-6-11-2-3-12(21)4-14(11)22/h2-4,8,10,15,23,28H,5-7,9H2,1H3,(H,24,29)/t10-,15?/m0/s1. The summed E-state index contributed by atoms with van der Waals surface area (Å²) >= 11 is 0. The summed E-state index contributed by atoms with van der Waals surface area (Å²) in [7, 11) is 0. The van der Waals surface area contributed by atoms with Gasteiger partial charge in [-0.05, 0) is 12.0 Å². The van der Waals surface area contributed by atoms with E-state index in [4.69, 9.17) is 0 Å². The molecule has 3 N–H and O–H groups in total. The summed E-state index contributed by atoms with van der Waals surface area (Å²) in [5, 5.41) is 16.0. The van der Waals surface area contributed by atoms with Gasteiger partial charge < -0.3 is 19.9 Å². The molecule has 2 aromatic rings. The van der Waals surface area contributed by atoms with Crippen LogP contribution in [0, 0.1) is 17.6 Å². The Morgan fingerprint density at radius 3 is 2.80 bits per heavy atom. The molecule has 1 aromatic carbocycles. The fraction of sp³-hybridized carbons (Fsp3) is 0.350. The van der Waals surface area contributed by atoms with Crippen molar-refractivity contribution in [3.63, 3.8) is 0 Å². The molecule has 1 fully saturated rings. The van der Waals surface area contributed by atoms with Crippen LogP contribution in [0.1, 0.15) is 33.3 Å². The van der Waals surface area contributed by atoms with Crippen molar-refractivity contribution in [2.24, 2.45) is 5.92 Å². The average molecular weight is 418 g/mol. The zero-order valence-electron chi connectivity index (χ0n) is 16.1. The number of aromatic hydroxyl groups is 1. The van der Waals surface area contributed by atoms with Gasteiger partial charge in [-0.2, -0.15) is 0 Å². The molecule has 0 spiro atoms. The summed E-state index contributed by atoms with van der Waals surface area (Å²) < 4.78 is 28.1. The number of pyridine rings is 1. The van der Waals surface area contributed by atoms with Crippen molar-refractivity contribution in [1.82, 2.24) is 20.1 Å². The first-order chi connectivity index (χ1) is 14.3. The molecule has 2 aliphatic heterocycles. The van der Waals surface area contributed by atoms with E-state index < -0.39 is 34.6 Å². The second-order valence-corrected chi connectivity index (χ2v) is 7.63. The van der Waals surface area contributed by atoms with E-state index in [0.717, 1.165) is 6.07 Å². The van der Waals surface area contributed by atoms with Crippen LogP contribution >= 0.6 is 0 Å². The lowest BCUT2D eigenvalue weighted by atomic mass is 10.0. The van der Waals surface area contributed by atoms with Crippen LogP contribution in [0.4, 0.5) is 8.78 Å². The molecule has 1 aromatic heterocycles. The molecule has 3 heterocycles. The second-order valence-electron chi connectivity index (χ2n) is 7.63. The Labute approximate surface area is 170 Å². The maximum absolute atomic E-state index is 13.8. The zero-order valence-corrected chi connectivity index (χ0v) is 16.1. The predicted molar refractivity (Wildman–Crippen MR) is 102 cm³/mol. The van der Waals surface area contributed by atoms with Crippen LogP contribution in [0.25, 0.3) is 0 Å². The van der Waals surface area contributed by atoms with Gasteiger partial charge in [0.1, 0.15) is 23.4 Å². The summed E-state index contributed by atoms with van der Waals surface area (Å²) in [5.41, 5.74) is -1.47. The molecular weight excluding hydrogens is 398 g/mol. The number of nitrogens with one attached hydrogen (secondary N) is 2. The lowest BCUT2D eigenvalue weighted by molar-refractivity contribution is 0.0382. The second kappa shape index (κ2) is 7.52. The third-order valence-corrected chi connectivity index (χ3v) is 5.37. The molecule has 10 heteroatoms. The molecular formula is C20H20F2N4O4. The smallest absolute Gasteiger partial charge is 0.275 e. The van der Waals surface area contributed by atoms with E-state index in [-0.39, 0.29) is 42.0 Å². The Morgan fingerprint density at radius 2 is 2.07 bits per heavy atom. The Morgan fingerprint density at radius 1 is 1.30 bits per heavy atom. The van der Waals surface area contributed by atoms with Crippen molar-refractivity contribution < 1.29 is 23.5 Å². The molecule has 2 aliphatic rings. The number of carbonyl (C=O) groups is 2.